The molecule has 0 radical (unpaired) electrons. The first-order chi connectivity index (χ1) is 10.2. The Labute approximate surface area is 129 Å². The summed E-state index contributed by atoms with van der Waals surface area (Å²) in [7, 11) is 1.65. The molecule has 0 aliphatic carbocycles. The van der Waals surface area contributed by atoms with Crippen molar-refractivity contribution in [1.29, 1.82) is 0 Å². The lowest BCUT2D eigenvalue weighted by molar-refractivity contribution is -0.121. The number of aryl methyl sites for hydroxylation is 2. The van der Waals surface area contributed by atoms with Crippen molar-refractivity contribution in [3.05, 3.63) is 45.9 Å². The molecule has 0 fully saturated rings. The molecule has 2 rings (SSSR count). The Morgan fingerprint density at radius 1 is 1.38 bits per heavy atom. The fourth-order valence-corrected chi connectivity index (χ4v) is 2.81. The SMILES string of the molecule is COc1cccc(CCC(=O)NCCc2cnc(C)s2)c1. The smallest absolute Gasteiger partial charge is 0.220 e. The zero-order valence-corrected chi connectivity index (χ0v) is 13.2. The van der Waals surface area contributed by atoms with Gasteiger partial charge in [-0.15, -0.1) is 11.3 Å². The fourth-order valence-electron chi connectivity index (χ4n) is 2.02. The molecule has 0 spiro atoms. The van der Waals surface area contributed by atoms with Crippen LogP contribution in [0.2, 0.25) is 0 Å². The number of aromatic nitrogens is 1. The summed E-state index contributed by atoms with van der Waals surface area (Å²) in [6, 6.07) is 7.82. The molecular formula is C16H20N2O2S. The number of hydrogen-bond donors (Lipinski definition) is 1. The topological polar surface area (TPSA) is 51.2 Å². The van der Waals surface area contributed by atoms with E-state index < -0.39 is 0 Å². The van der Waals surface area contributed by atoms with E-state index in [1.54, 1.807) is 18.4 Å². The maximum atomic E-state index is 11.8. The van der Waals surface area contributed by atoms with Crippen molar-refractivity contribution in [3.63, 3.8) is 0 Å². The van der Waals surface area contributed by atoms with Gasteiger partial charge in [0, 0.05) is 30.5 Å². The van der Waals surface area contributed by atoms with Gasteiger partial charge in [0.05, 0.1) is 12.1 Å². The van der Waals surface area contributed by atoms with Crippen LogP contribution in [0.25, 0.3) is 0 Å². The zero-order valence-electron chi connectivity index (χ0n) is 12.4. The van der Waals surface area contributed by atoms with Gasteiger partial charge >= 0.3 is 0 Å². The second-order valence-corrected chi connectivity index (χ2v) is 6.12. The second kappa shape index (κ2) is 7.78. The summed E-state index contributed by atoms with van der Waals surface area (Å²) in [4.78, 5) is 17.2. The van der Waals surface area contributed by atoms with E-state index in [-0.39, 0.29) is 5.91 Å². The van der Waals surface area contributed by atoms with E-state index in [2.05, 4.69) is 10.3 Å². The molecule has 1 amide bonds. The molecule has 0 bridgehead atoms. The summed E-state index contributed by atoms with van der Waals surface area (Å²) in [5, 5.41) is 4.01. The number of methoxy groups -OCH3 is 1. The second-order valence-electron chi connectivity index (χ2n) is 4.80. The highest BCUT2D eigenvalue weighted by Gasteiger charge is 2.04. The normalized spacial score (nSPS) is 10.4. The number of amides is 1. The average molecular weight is 304 g/mol. The standard InChI is InChI=1S/C16H20N2O2S/c1-12-18-11-15(21-12)8-9-17-16(19)7-6-13-4-3-5-14(10-13)20-2/h3-5,10-11H,6-9H2,1-2H3,(H,17,19). The van der Waals surface area contributed by atoms with Crippen LogP contribution in [0.1, 0.15) is 21.9 Å². The highest BCUT2D eigenvalue weighted by Crippen LogP contribution is 2.14. The zero-order chi connectivity index (χ0) is 15.1. The molecule has 0 saturated heterocycles. The largest absolute Gasteiger partial charge is 0.497 e. The van der Waals surface area contributed by atoms with Crippen molar-refractivity contribution in [1.82, 2.24) is 10.3 Å². The monoisotopic (exact) mass is 304 g/mol. The Kier molecular flexibility index (Phi) is 5.75. The molecule has 112 valence electrons. The lowest BCUT2D eigenvalue weighted by atomic mass is 10.1. The lowest BCUT2D eigenvalue weighted by Gasteiger charge is -2.06. The predicted octanol–water partition coefficient (Wildman–Crippen LogP) is 2.75. The summed E-state index contributed by atoms with van der Waals surface area (Å²) in [5.74, 6) is 0.910. The maximum absolute atomic E-state index is 11.8. The van der Waals surface area contributed by atoms with Gasteiger partial charge in [-0.3, -0.25) is 4.79 Å². The summed E-state index contributed by atoms with van der Waals surface area (Å²) in [6.07, 6.45) is 3.94. The lowest BCUT2D eigenvalue weighted by Crippen LogP contribution is -2.25. The van der Waals surface area contributed by atoms with Crippen LogP contribution >= 0.6 is 11.3 Å². The average Bonchev–Trinajstić information content (AvgIpc) is 2.91. The van der Waals surface area contributed by atoms with Crippen LogP contribution in [0, 0.1) is 6.92 Å². The number of hydrogen-bond acceptors (Lipinski definition) is 4. The number of thiazole rings is 1. The van der Waals surface area contributed by atoms with E-state index in [0.717, 1.165) is 29.2 Å². The molecule has 4 nitrogen and oxygen atoms in total. The molecule has 0 aliphatic heterocycles. The van der Waals surface area contributed by atoms with Gasteiger partial charge in [0.25, 0.3) is 0 Å². The molecule has 1 heterocycles. The highest BCUT2D eigenvalue weighted by molar-refractivity contribution is 7.11. The summed E-state index contributed by atoms with van der Waals surface area (Å²) >= 11 is 1.68. The first-order valence-electron chi connectivity index (χ1n) is 6.98. The minimum atomic E-state index is 0.0825. The van der Waals surface area contributed by atoms with Gasteiger partial charge in [0.1, 0.15) is 5.75 Å². The van der Waals surface area contributed by atoms with E-state index in [1.807, 2.05) is 37.4 Å². The third kappa shape index (κ3) is 5.19. The highest BCUT2D eigenvalue weighted by atomic mass is 32.1. The van der Waals surface area contributed by atoms with Gasteiger partial charge < -0.3 is 10.1 Å². The fraction of sp³-hybridized carbons (Fsp3) is 0.375. The molecule has 1 aromatic carbocycles. The molecule has 21 heavy (non-hydrogen) atoms. The van der Waals surface area contributed by atoms with Gasteiger partial charge in [-0.1, -0.05) is 12.1 Å². The number of nitrogens with zero attached hydrogens (tertiary/aromatic N) is 1. The van der Waals surface area contributed by atoms with E-state index in [1.165, 1.54) is 4.88 Å². The van der Waals surface area contributed by atoms with Crippen molar-refractivity contribution in [2.45, 2.75) is 26.2 Å². The van der Waals surface area contributed by atoms with Crippen LogP contribution < -0.4 is 10.1 Å². The van der Waals surface area contributed by atoms with Crippen LogP contribution in [0.4, 0.5) is 0 Å². The van der Waals surface area contributed by atoms with Gasteiger partial charge in [0.15, 0.2) is 0 Å². The Morgan fingerprint density at radius 2 is 2.24 bits per heavy atom. The van der Waals surface area contributed by atoms with Crippen molar-refractivity contribution in [2.24, 2.45) is 0 Å². The molecule has 2 aromatic rings. The first-order valence-corrected chi connectivity index (χ1v) is 7.80. The Morgan fingerprint density at radius 3 is 2.95 bits per heavy atom. The number of benzene rings is 1. The van der Waals surface area contributed by atoms with Gasteiger partial charge in [-0.2, -0.15) is 0 Å². The van der Waals surface area contributed by atoms with E-state index in [4.69, 9.17) is 4.74 Å². The third-order valence-corrected chi connectivity index (χ3v) is 4.11. The minimum Gasteiger partial charge on any atom is -0.497 e. The molecule has 1 N–H and O–H groups in total. The predicted molar refractivity (Wildman–Crippen MR) is 84.9 cm³/mol. The molecule has 5 heteroatoms. The van der Waals surface area contributed by atoms with Gasteiger partial charge in [-0.25, -0.2) is 4.98 Å². The van der Waals surface area contributed by atoms with Crippen molar-refractivity contribution < 1.29 is 9.53 Å². The Hall–Kier alpha value is -1.88. The molecular weight excluding hydrogens is 284 g/mol. The first kappa shape index (κ1) is 15.5. The quantitative estimate of drug-likeness (QED) is 0.855. The Bertz CT molecular complexity index is 595. The van der Waals surface area contributed by atoms with Crippen LogP contribution in [0.15, 0.2) is 30.5 Å². The maximum Gasteiger partial charge on any atom is 0.220 e. The Balaban J connectivity index is 1.69. The van der Waals surface area contributed by atoms with Crippen LogP contribution in [0.3, 0.4) is 0 Å². The molecule has 0 unspecified atom stereocenters. The van der Waals surface area contributed by atoms with Crippen LogP contribution in [-0.4, -0.2) is 24.5 Å². The van der Waals surface area contributed by atoms with Crippen LogP contribution in [-0.2, 0) is 17.6 Å². The number of nitrogens with one attached hydrogen (secondary N) is 1. The molecule has 0 saturated carbocycles. The van der Waals surface area contributed by atoms with Crippen LogP contribution in [0.5, 0.6) is 5.75 Å². The van der Waals surface area contributed by atoms with Crippen molar-refractivity contribution in [2.75, 3.05) is 13.7 Å². The summed E-state index contributed by atoms with van der Waals surface area (Å²) in [6.45, 7) is 2.65. The van der Waals surface area contributed by atoms with Crippen molar-refractivity contribution in [3.8, 4) is 5.75 Å². The summed E-state index contributed by atoms with van der Waals surface area (Å²) in [5.41, 5.74) is 1.11. The molecule has 0 atom stereocenters. The third-order valence-electron chi connectivity index (χ3n) is 3.14. The number of rotatable bonds is 7. The summed E-state index contributed by atoms with van der Waals surface area (Å²) < 4.78 is 5.17. The molecule has 1 aromatic heterocycles. The number of carbonyl (C=O) groups is 1. The van der Waals surface area contributed by atoms with Crippen molar-refractivity contribution >= 4 is 17.2 Å². The number of ether oxygens (including phenoxy) is 1. The van der Waals surface area contributed by atoms with E-state index >= 15 is 0 Å². The van der Waals surface area contributed by atoms with E-state index in [9.17, 15) is 4.79 Å². The van der Waals surface area contributed by atoms with Gasteiger partial charge in [0.2, 0.25) is 5.91 Å². The van der Waals surface area contributed by atoms with E-state index in [0.29, 0.717) is 13.0 Å². The minimum absolute atomic E-state index is 0.0825. The van der Waals surface area contributed by atoms with Gasteiger partial charge in [-0.05, 0) is 31.0 Å². The molecule has 0 aliphatic rings. The number of carbonyl (C=O) groups excluding carboxylic acids is 1.